The zero-order chi connectivity index (χ0) is 13.2. The molecule has 0 saturated carbocycles. The lowest BCUT2D eigenvalue weighted by molar-refractivity contribution is 0.484. The third-order valence-corrected chi connectivity index (χ3v) is 4.17. The van der Waals surface area contributed by atoms with Gasteiger partial charge in [-0.1, -0.05) is 34.1 Å². The lowest BCUT2D eigenvalue weighted by Gasteiger charge is -2.09. The highest BCUT2D eigenvalue weighted by Gasteiger charge is 2.17. The Morgan fingerprint density at radius 1 is 1.00 bits per heavy atom. The minimum atomic E-state index is -3.77. The summed E-state index contributed by atoms with van der Waals surface area (Å²) in [6.45, 7) is 1.80. The fourth-order valence-electron chi connectivity index (χ4n) is 1.42. The zero-order valence-electron chi connectivity index (χ0n) is 9.63. The molecule has 5 heteroatoms. The molecule has 0 aliphatic carbocycles. The van der Waals surface area contributed by atoms with Gasteiger partial charge in [0.25, 0.3) is 0 Å². The van der Waals surface area contributed by atoms with Gasteiger partial charge in [-0.25, -0.2) is 0 Å². The van der Waals surface area contributed by atoms with Crippen molar-refractivity contribution in [2.45, 2.75) is 11.8 Å². The van der Waals surface area contributed by atoms with E-state index in [0.717, 1.165) is 10.0 Å². The van der Waals surface area contributed by atoms with Gasteiger partial charge in [0.15, 0.2) is 0 Å². The highest BCUT2D eigenvalue weighted by Crippen LogP contribution is 2.22. The summed E-state index contributed by atoms with van der Waals surface area (Å²) in [6, 6.07) is 13.3. The maximum atomic E-state index is 12.0. The number of benzene rings is 2. The van der Waals surface area contributed by atoms with Crippen LogP contribution in [0.2, 0.25) is 0 Å². The molecule has 2 aromatic rings. The molecular weight excluding hydrogens is 316 g/mol. The van der Waals surface area contributed by atoms with Crippen LogP contribution < -0.4 is 4.18 Å². The third kappa shape index (κ3) is 2.91. The average Bonchev–Trinajstić information content (AvgIpc) is 2.32. The first-order valence-electron chi connectivity index (χ1n) is 5.25. The molecule has 0 unspecified atom stereocenters. The van der Waals surface area contributed by atoms with Crippen molar-refractivity contribution in [1.82, 2.24) is 0 Å². The Balaban J connectivity index is 2.33. The average molecular weight is 327 g/mol. The van der Waals surface area contributed by atoms with Crippen LogP contribution in [-0.2, 0) is 10.1 Å². The second-order valence-electron chi connectivity index (χ2n) is 3.76. The largest absolute Gasteiger partial charge is 0.379 e. The molecular formula is C13H11BrO3S. The van der Waals surface area contributed by atoms with E-state index in [-0.39, 0.29) is 4.90 Å². The quantitative estimate of drug-likeness (QED) is 0.810. The van der Waals surface area contributed by atoms with E-state index in [4.69, 9.17) is 4.18 Å². The van der Waals surface area contributed by atoms with Crippen molar-refractivity contribution in [3.8, 4) is 5.75 Å². The molecule has 18 heavy (non-hydrogen) atoms. The van der Waals surface area contributed by atoms with Gasteiger partial charge in [-0.2, -0.15) is 8.42 Å². The van der Waals surface area contributed by atoms with Crippen molar-refractivity contribution in [2.24, 2.45) is 0 Å². The van der Waals surface area contributed by atoms with Crippen LogP contribution in [-0.4, -0.2) is 8.42 Å². The third-order valence-electron chi connectivity index (χ3n) is 2.40. The summed E-state index contributed by atoms with van der Waals surface area (Å²) < 4.78 is 30.0. The fourth-order valence-corrected chi connectivity index (χ4v) is 2.67. The second kappa shape index (κ2) is 5.12. The highest BCUT2D eigenvalue weighted by molar-refractivity contribution is 9.10. The van der Waals surface area contributed by atoms with Gasteiger partial charge in [0.05, 0.1) is 0 Å². The predicted octanol–water partition coefficient (Wildman–Crippen LogP) is 3.53. The van der Waals surface area contributed by atoms with Crippen LogP contribution >= 0.6 is 15.9 Å². The molecule has 0 bridgehead atoms. The highest BCUT2D eigenvalue weighted by atomic mass is 79.9. The molecule has 0 N–H and O–H groups in total. The zero-order valence-corrected chi connectivity index (χ0v) is 12.0. The lowest BCUT2D eigenvalue weighted by Crippen LogP contribution is -2.10. The van der Waals surface area contributed by atoms with Gasteiger partial charge >= 0.3 is 10.1 Å². The molecule has 0 heterocycles. The van der Waals surface area contributed by atoms with Crippen LogP contribution in [0, 0.1) is 6.92 Å². The Bertz CT molecular complexity index is 648. The summed E-state index contributed by atoms with van der Waals surface area (Å²) in [7, 11) is -3.77. The van der Waals surface area contributed by atoms with E-state index in [2.05, 4.69) is 15.9 Å². The van der Waals surface area contributed by atoms with Crippen LogP contribution in [0.5, 0.6) is 5.75 Å². The SMILES string of the molecule is Cc1ccccc1OS(=O)(=O)c1ccc(Br)cc1. The maximum Gasteiger partial charge on any atom is 0.339 e. The van der Waals surface area contributed by atoms with E-state index in [1.165, 1.54) is 12.1 Å². The van der Waals surface area contributed by atoms with Gasteiger partial charge < -0.3 is 4.18 Å². The Kier molecular flexibility index (Phi) is 3.73. The molecule has 0 aromatic heterocycles. The molecule has 0 saturated heterocycles. The molecule has 0 aliphatic heterocycles. The molecule has 0 spiro atoms. The standard InChI is InChI=1S/C13H11BrO3S/c1-10-4-2-3-5-13(10)17-18(15,16)12-8-6-11(14)7-9-12/h2-9H,1H3. The number of aryl methyl sites for hydroxylation is 1. The Morgan fingerprint density at radius 3 is 2.22 bits per heavy atom. The first-order valence-corrected chi connectivity index (χ1v) is 7.45. The van der Waals surface area contributed by atoms with Crippen LogP contribution in [0.4, 0.5) is 0 Å². The van der Waals surface area contributed by atoms with E-state index >= 15 is 0 Å². The minimum Gasteiger partial charge on any atom is -0.379 e. The van der Waals surface area contributed by atoms with Crippen molar-refractivity contribution >= 4 is 26.0 Å². The van der Waals surface area contributed by atoms with Crippen molar-refractivity contribution in [3.05, 3.63) is 58.6 Å². The summed E-state index contributed by atoms with van der Waals surface area (Å²) in [5, 5.41) is 0. The van der Waals surface area contributed by atoms with Gasteiger partial charge in [-0.3, -0.25) is 0 Å². The smallest absolute Gasteiger partial charge is 0.339 e. The van der Waals surface area contributed by atoms with E-state index < -0.39 is 10.1 Å². The molecule has 3 nitrogen and oxygen atoms in total. The van der Waals surface area contributed by atoms with Crippen LogP contribution in [0.25, 0.3) is 0 Å². The van der Waals surface area contributed by atoms with Crippen LogP contribution in [0.1, 0.15) is 5.56 Å². The van der Waals surface area contributed by atoms with Gasteiger partial charge in [0.1, 0.15) is 10.6 Å². The first-order chi connectivity index (χ1) is 8.49. The molecule has 0 atom stereocenters. The second-order valence-corrected chi connectivity index (χ2v) is 6.22. The van der Waals surface area contributed by atoms with E-state index in [1.54, 1.807) is 37.3 Å². The summed E-state index contributed by atoms with van der Waals surface area (Å²) >= 11 is 3.25. The first kappa shape index (κ1) is 13.1. The molecule has 0 amide bonds. The van der Waals surface area contributed by atoms with E-state index in [1.807, 2.05) is 6.07 Å². The number of halogens is 1. The van der Waals surface area contributed by atoms with Crippen molar-refractivity contribution in [3.63, 3.8) is 0 Å². The molecule has 0 radical (unpaired) electrons. The summed E-state index contributed by atoms with van der Waals surface area (Å²) in [6.07, 6.45) is 0. The van der Waals surface area contributed by atoms with E-state index in [0.29, 0.717) is 5.75 Å². The van der Waals surface area contributed by atoms with Crippen molar-refractivity contribution in [1.29, 1.82) is 0 Å². The lowest BCUT2D eigenvalue weighted by atomic mass is 10.2. The number of rotatable bonds is 3. The summed E-state index contributed by atoms with van der Waals surface area (Å²) in [5.74, 6) is 0.348. The molecule has 0 fully saturated rings. The van der Waals surface area contributed by atoms with Crippen LogP contribution in [0.15, 0.2) is 57.9 Å². The monoisotopic (exact) mass is 326 g/mol. The summed E-state index contributed by atoms with van der Waals surface area (Å²) in [5.41, 5.74) is 0.776. The number of hydrogen-bond acceptors (Lipinski definition) is 3. The molecule has 0 aliphatic rings. The molecule has 94 valence electrons. The topological polar surface area (TPSA) is 43.4 Å². The van der Waals surface area contributed by atoms with Crippen molar-refractivity contribution < 1.29 is 12.6 Å². The van der Waals surface area contributed by atoms with Crippen LogP contribution in [0.3, 0.4) is 0 Å². The van der Waals surface area contributed by atoms with E-state index in [9.17, 15) is 8.42 Å². The fraction of sp³-hybridized carbons (Fsp3) is 0.0769. The Labute approximate surface area is 115 Å². The van der Waals surface area contributed by atoms with Gasteiger partial charge in [0, 0.05) is 4.47 Å². The normalized spacial score (nSPS) is 11.2. The minimum absolute atomic E-state index is 0.133. The molecule has 2 aromatic carbocycles. The van der Waals surface area contributed by atoms with Crippen molar-refractivity contribution in [2.75, 3.05) is 0 Å². The summed E-state index contributed by atoms with van der Waals surface area (Å²) in [4.78, 5) is 0.133. The predicted molar refractivity (Wildman–Crippen MR) is 73.1 cm³/mol. The number of para-hydroxylation sites is 1. The van der Waals surface area contributed by atoms with Gasteiger partial charge in [-0.15, -0.1) is 0 Å². The van der Waals surface area contributed by atoms with Gasteiger partial charge in [-0.05, 0) is 42.8 Å². The number of hydrogen-bond donors (Lipinski definition) is 0. The molecule has 2 rings (SSSR count). The Hall–Kier alpha value is -1.33. The van der Waals surface area contributed by atoms with Gasteiger partial charge in [0.2, 0.25) is 0 Å². The maximum absolute atomic E-state index is 12.0. The Morgan fingerprint density at radius 2 is 1.61 bits per heavy atom.